The van der Waals surface area contributed by atoms with Crippen molar-refractivity contribution in [1.82, 2.24) is 19.4 Å². The molecule has 0 aliphatic heterocycles. The van der Waals surface area contributed by atoms with Crippen LogP contribution in [0.4, 0.5) is 5.69 Å². The number of hydrogen-bond donors (Lipinski definition) is 2. The molecule has 2 heterocycles. The molecule has 0 atom stereocenters. The second-order valence-electron chi connectivity index (χ2n) is 3.14. The van der Waals surface area contributed by atoms with E-state index in [2.05, 4.69) is 20.0 Å². The van der Waals surface area contributed by atoms with Crippen LogP contribution in [0.5, 0.6) is 0 Å². The van der Waals surface area contributed by atoms with E-state index in [4.69, 9.17) is 5.73 Å². The molecule has 0 unspecified atom stereocenters. The molecule has 0 aromatic carbocycles. The van der Waals surface area contributed by atoms with Crippen molar-refractivity contribution in [1.29, 1.82) is 0 Å². The largest absolute Gasteiger partial charge is 0.377 e. The van der Waals surface area contributed by atoms with Crippen LogP contribution in [0.3, 0.4) is 0 Å². The zero-order valence-corrected chi connectivity index (χ0v) is 9.15. The molecule has 2 aromatic heterocycles. The maximum atomic E-state index is 10.6. The smallest absolute Gasteiger partial charge is 0.239 e. The highest BCUT2D eigenvalue weighted by molar-refractivity contribution is 7.03. The summed E-state index contributed by atoms with van der Waals surface area (Å²) in [5.74, 6) is -0.418. The van der Waals surface area contributed by atoms with Crippen LogP contribution in [-0.2, 0) is 17.9 Å². The summed E-state index contributed by atoms with van der Waals surface area (Å²) in [4.78, 5) is 10.6. The highest BCUT2D eigenvalue weighted by Crippen LogP contribution is 2.07. The highest BCUT2D eigenvalue weighted by Gasteiger charge is 2.01. The average Bonchev–Trinajstić information content (AvgIpc) is 2.84. The van der Waals surface area contributed by atoms with E-state index >= 15 is 0 Å². The van der Waals surface area contributed by atoms with Crippen molar-refractivity contribution in [2.45, 2.75) is 13.1 Å². The first kappa shape index (κ1) is 10.6. The number of anilines is 1. The zero-order chi connectivity index (χ0) is 11.4. The molecule has 0 aliphatic rings. The van der Waals surface area contributed by atoms with Gasteiger partial charge in [-0.25, -0.2) is 0 Å². The van der Waals surface area contributed by atoms with Gasteiger partial charge in [0.15, 0.2) is 0 Å². The van der Waals surface area contributed by atoms with Gasteiger partial charge in [-0.2, -0.15) is 5.10 Å². The molecule has 0 bridgehead atoms. The van der Waals surface area contributed by atoms with Gasteiger partial charge in [0.25, 0.3) is 0 Å². The molecule has 1 amide bonds. The third-order valence-corrected chi connectivity index (χ3v) is 2.38. The Hall–Kier alpha value is -1.96. The maximum Gasteiger partial charge on any atom is 0.239 e. The van der Waals surface area contributed by atoms with E-state index in [1.807, 2.05) is 5.38 Å². The third kappa shape index (κ3) is 2.76. The van der Waals surface area contributed by atoms with E-state index < -0.39 is 5.91 Å². The molecule has 2 rings (SSSR count). The number of amides is 1. The van der Waals surface area contributed by atoms with E-state index in [0.29, 0.717) is 6.54 Å². The van der Waals surface area contributed by atoms with Crippen molar-refractivity contribution in [2.24, 2.45) is 5.73 Å². The Morgan fingerprint density at radius 2 is 2.50 bits per heavy atom. The number of nitrogens with two attached hydrogens (primary N) is 1. The lowest BCUT2D eigenvalue weighted by Gasteiger charge is -1.98. The number of hydrogen-bond acceptors (Lipinski definition) is 6. The monoisotopic (exact) mass is 238 g/mol. The van der Waals surface area contributed by atoms with Crippen LogP contribution in [0.25, 0.3) is 0 Å². The summed E-state index contributed by atoms with van der Waals surface area (Å²) >= 11 is 1.31. The zero-order valence-electron chi connectivity index (χ0n) is 8.33. The standard InChI is InChI=1S/C8H10N6OS/c9-8(15)4-14-3-6(2-11-14)10-1-7-5-16-13-12-7/h2-3,5,10H,1,4H2,(H2,9,15). The van der Waals surface area contributed by atoms with E-state index in [9.17, 15) is 4.79 Å². The van der Waals surface area contributed by atoms with Crippen LogP contribution in [0, 0.1) is 0 Å². The minimum atomic E-state index is -0.418. The molecule has 0 saturated heterocycles. The highest BCUT2D eigenvalue weighted by atomic mass is 32.1. The number of rotatable bonds is 5. The second-order valence-corrected chi connectivity index (χ2v) is 3.75. The van der Waals surface area contributed by atoms with E-state index in [1.165, 1.54) is 16.2 Å². The van der Waals surface area contributed by atoms with Gasteiger partial charge < -0.3 is 11.1 Å². The third-order valence-electron chi connectivity index (χ3n) is 1.83. The summed E-state index contributed by atoms with van der Waals surface area (Å²) in [5.41, 5.74) is 6.73. The summed E-state index contributed by atoms with van der Waals surface area (Å²) in [6, 6.07) is 0. The van der Waals surface area contributed by atoms with Gasteiger partial charge in [0, 0.05) is 11.6 Å². The minimum absolute atomic E-state index is 0.0833. The van der Waals surface area contributed by atoms with Crippen molar-refractivity contribution in [3.05, 3.63) is 23.5 Å². The minimum Gasteiger partial charge on any atom is -0.377 e. The fourth-order valence-electron chi connectivity index (χ4n) is 1.15. The van der Waals surface area contributed by atoms with E-state index in [1.54, 1.807) is 12.4 Å². The van der Waals surface area contributed by atoms with Crippen LogP contribution >= 0.6 is 11.5 Å². The fourth-order valence-corrected chi connectivity index (χ4v) is 1.61. The number of primary amides is 1. The molecule has 2 aromatic rings. The van der Waals surface area contributed by atoms with Gasteiger partial charge in [0.2, 0.25) is 5.91 Å². The molecule has 0 aliphatic carbocycles. The molecule has 0 fully saturated rings. The lowest BCUT2D eigenvalue weighted by atomic mass is 10.4. The number of carbonyl (C=O) groups excluding carboxylic acids is 1. The second kappa shape index (κ2) is 4.71. The Labute approximate surface area is 95.4 Å². The van der Waals surface area contributed by atoms with E-state index in [-0.39, 0.29) is 6.54 Å². The van der Waals surface area contributed by atoms with Gasteiger partial charge in [-0.05, 0) is 11.5 Å². The lowest BCUT2D eigenvalue weighted by molar-refractivity contribution is -0.118. The van der Waals surface area contributed by atoms with Crippen molar-refractivity contribution >= 4 is 23.1 Å². The predicted molar refractivity (Wildman–Crippen MR) is 58.7 cm³/mol. The molecule has 16 heavy (non-hydrogen) atoms. The number of nitrogens with one attached hydrogen (secondary N) is 1. The first-order valence-electron chi connectivity index (χ1n) is 4.54. The van der Waals surface area contributed by atoms with Crippen molar-refractivity contribution in [2.75, 3.05) is 5.32 Å². The summed E-state index contributed by atoms with van der Waals surface area (Å²) in [7, 11) is 0. The Morgan fingerprint density at radius 1 is 1.62 bits per heavy atom. The van der Waals surface area contributed by atoms with Crippen LogP contribution in [-0.4, -0.2) is 25.3 Å². The van der Waals surface area contributed by atoms with Gasteiger partial charge in [0.05, 0.1) is 24.1 Å². The van der Waals surface area contributed by atoms with Gasteiger partial charge in [-0.3, -0.25) is 9.48 Å². The quantitative estimate of drug-likeness (QED) is 0.753. The maximum absolute atomic E-state index is 10.6. The molecular formula is C8H10N6OS. The topological polar surface area (TPSA) is 98.7 Å². The Balaban J connectivity index is 1.90. The Morgan fingerprint density at radius 3 is 3.19 bits per heavy atom. The van der Waals surface area contributed by atoms with Gasteiger partial charge in [0.1, 0.15) is 6.54 Å². The lowest BCUT2D eigenvalue weighted by Crippen LogP contribution is -2.18. The van der Waals surface area contributed by atoms with Crippen molar-refractivity contribution in [3.8, 4) is 0 Å². The number of nitrogens with zero attached hydrogens (tertiary/aromatic N) is 4. The average molecular weight is 238 g/mol. The molecule has 7 nitrogen and oxygen atoms in total. The molecular weight excluding hydrogens is 228 g/mol. The van der Waals surface area contributed by atoms with Crippen molar-refractivity contribution < 1.29 is 4.79 Å². The van der Waals surface area contributed by atoms with Gasteiger partial charge in [-0.15, -0.1) is 5.10 Å². The molecule has 84 valence electrons. The summed E-state index contributed by atoms with van der Waals surface area (Å²) < 4.78 is 5.22. The van der Waals surface area contributed by atoms with Crippen LogP contribution in [0.2, 0.25) is 0 Å². The Bertz CT molecular complexity index is 465. The summed E-state index contributed by atoms with van der Waals surface area (Å²) in [5, 5.41) is 12.8. The van der Waals surface area contributed by atoms with Gasteiger partial charge in [-0.1, -0.05) is 4.49 Å². The van der Waals surface area contributed by atoms with Crippen LogP contribution < -0.4 is 11.1 Å². The number of carbonyl (C=O) groups is 1. The van der Waals surface area contributed by atoms with Gasteiger partial charge >= 0.3 is 0 Å². The molecule has 8 heteroatoms. The van der Waals surface area contributed by atoms with E-state index in [0.717, 1.165) is 11.4 Å². The van der Waals surface area contributed by atoms with Crippen molar-refractivity contribution in [3.63, 3.8) is 0 Å². The first-order valence-corrected chi connectivity index (χ1v) is 5.38. The van der Waals surface area contributed by atoms with Crippen LogP contribution in [0.15, 0.2) is 17.8 Å². The molecule has 0 saturated carbocycles. The summed E-state index contributed by atoms with van der Waals surface area (Å²) in [6.07, 6.45) is 3.34. The first-order chi connectivity index (χ1) is 7.74. The fraction of sp³-hybridized carbons (Fsp3) is 0.250. The molecule has 3 N–H and O–H groups in total. The SMILES string of the molecule is NC(=O)Cn1cc(NCc2csnn2)cn1. The number of aromatic nitrogens is 4. The normalized spacial score (nSPS) is 10.2. The molecule has 0 radical (unpaired) electrons. The predicted octanol–water partition coefficient (Wildman–Crippen LogP) is -0.168. The Kier molecular flexibility index (Phi) is 3.10. The molecule has 0 spiro atoms. The summed E-state index contributed by atoms with van der Waals surface area (Å²) in [6.45, 7) is 0.665. The van der Waals surface area contributed by atoms with Crippen LogP contribution in [0.1, 0.15) is 5.69 Å².